The molecule has 0 bridgehead atoms. The maximum atomic E-state index is 10.3. The van der Waals surface area contributed by atoms with Gasteiger partial charge in [-0.05, 0) is 26.2 Å². The van der Waals surface area contributed by atoms with E-state index in [4.69, 9.17) is 16.0 Å². The summed E-state index contributed by atoms with van der Waals surface area (Å²) in [5.41, 5.74) is 5.28. The van der Waals surface area contributed by atoms with Crippen LogP contribution in [0.25, 0.3) is 0 Å². The molecule has 0 unspecified atom stereocenters. The van der Waals surface area contributed by atoms with E-state index >= 15 is 0 Å². The molecule has 0 aromatic rings. The molecule has 2 radical (unpaired) electrons. The van der Waals surface area contributed by atoms with Gasteiger partial charge in [0.15, 0.2) is 5.84 Å². The standard InChI is InChI=1S/C8H17N3O4.2Ac/c1-6(10-14)11(15)5-3-2-4-7(9)8(12)13;;/h7,14-15H,2-5,9H2,1H3,(H,12,13);;/b10-6+;;/t7-;;/m0../s1. The normalized spacial score (nSPS) is 12.1. The van der Waals surface area contributed by atoms with Crippen LogP contribution in [-0.2, 0) is 4.79 Å². The molecule has 94 valence electrons. The summed E-state index contributed by atoms with van der Waals surface area (Å²) in [6.07, 6.45) is 1.52. The minimum atomic E-state index is -1.02. The third-order valence-electron chi connectivity index (χ3n) is 1.97. The molecular weight excluding hydrogens is 656 g/mol. The van der Waals surface area contributed by atoms with E-state index in [1.54, 1.807) is 0 Å². The van der Waals surface area contributed by atoms with Crippen molar-refractivity contribution >= 4 is 11.8 Å². The molecule has 5 N–H and O–H groups in total. The third kappa shape index (κ3) is 12.3. The number of hydrogen-bond donors (Lipinski definition) is 4. The molecular formula is C8H17Ac2N3O4. The van der Waals surface area contributed by atoms with Crippen LogP contribution in [0.3, 0.4) is 0 Å². The Kier molecular flexibility index (Phi) is 19.4. The van der Waals surface area contributed by atoms with Gasteiger partial charge in [-0.1, -0.05) is 5.16 Å². The summed E-state index contributed by atoms with van der Waals surface area (Å²) in [5.74, 6) is -0.929. The van der Waals surface area contributed by atoms with Crippen LogP contribution in [-0.4, -0.2) is 45.0 Å². The summed E-state index contributed by atoms with van der Waals surface area (Å²) in [4.78, 5) is 10.3. The number of amidine groups is 1. The molecule has 0 amide bonds. The largest absolute Gasteiger partial charge is 0.480 e. The summed E-state index contributed by atoms with van der Waals surface area (Å²) in [6.45, 7) is 1.73. The molecule has 0 aromatic heterocycles. The number of nitrogens with zero attached hydrogens (tertiary/aromatic N) is 2. The zero-order valence-electron chi connectivity index (χ0n) is 9.78. The molecule has 0 aliphatic rings. The average Bonchev–Trinajstić information content (AvgIpc) is 2.22. The van der Waals surface area contributed by atoms with Gasteiger partial charge in [0, 0.05) is 94.7 Å². The first-order valence-corrected chi connectivity index (χ1v) is 4.62. The Morgan fingerprint density at radius 1 is 1.41 bits per heavy atom. The van der Waals surface area contributed by atoms with Crippen LogP contribution >= 0.6 is 0 Å². The molecule has 9 heteroatoms. The maximum absolute atomic E-state index is 10.3. The summed E-state index contributed by atoms with van der Waals surface area (Å²) >= 11 is 0. The summed E-state index contributed by atoms with van der Waals surface area (Å²) in [5, 5.41) is 29.6. The summed E-state index contributed by atoms with van der Waals surface area (Å²) < 4.78 is 0. The zero-order chi connectivity index (χ0) is 11.8. The Labute approximate surface area is 172 Å². The first-order chi connectivity index (χ1) is 6.99. The van der Waals surface area contributed by atoms with Crippen LogP contribution in [0.2, 0.25) is 0 Å². The molecule has 17 heavy (non-hydrogen) atoms. The van der Waals surface area contributed by atoms with Crippen LogP contribution in [0.4, 0.5) is 0 Å². The van der Waals surface area contributed by atoms with E-state index in [0.717, 1.165) is 5.06 Å². The van der Waals surface area contributed by atoms with Crippen LogP contribution < -0.4 is 5.73 Å². The minimum absolute atomic E-state index is 0. The van der Waals surface area contributed by atoms with E-state index in [1.807, 2.05) is 0 Å². The summed E-state index contributed by atoms with van der Waals surface area (Å²) in [6, 6.07) is -0.857. The van der Waals surface area contributed by atoms with Gasteiger partial charge in [0.05, 0.1) is 0 Å². The Hall–Kier alpha value is 1.54. The van der Waals surface area contributed by atoms with Crippen molar-refractivity contribution in [2.75, 3.05) is 6.54 Å². The molecule has 0 saturated heterocycles. The molecule has 0 rings (SSSR count). The van der Waals surface area contributed by atoms with Crippen molar-refractivity contribution in [3.63, 3.8) is 0 Å². The average molecular weight is 673 g/mol. The fourth-order valence-electron chi connectivity index (χ4n) is 0.963. The molecule has 1 atom stereocenters. The van der Waals surface area contributed by atoms with E-state index in [2.05, 4.69) is 5.16 Å². The van der Waals surface area contributed by atoms with Gasteiger partial charge in [0.2, 0.25) is 0 Å². The first-order valence-electron chi connectivity index (χ1n) is 4.62. The predicted octanol–water partition coefficient (Wildman–Crippen LogP) is 0.0674. The van der Waals surface area contributed by atoms with Gasteiger partial charge in [-0.15, -0.1) is 0 Å². The van der Waals surface area contributed by atoms with Gasteiger partial charge in [-0.2, -0.15) is 0 Å². The fourth-order valence-corrected chi connectivity index (χ4v) is 0.963. The molecule has 0 aliphatic heterocycles. The van der Waals surface area contributed by atoms with E-state index in [0.29, 0.717) is 19.3 Å². The zero-order valence-corrected chi connectivity index (χ0v) is 19.3. The second-order valence-electron chi connectivity index (χ2n) is 3.21. The fraction of sp³-hybridized carbons (Fsp3) is 0.750. The monoisotopic (exact) mass is 673 g/mol. The number of carboxylic acids is 1. The molecule has 0 heterocycles. The number of rotatable bonds is 6. The number of hydroxylamine groups is 2. The third-order valence-corrected chi connectivity index (χ3v) is 1.97. The van der Waals surface area contributed by atoms with Crippen molar-refractivity contribution in [2.24, 2.45) is 10.9 Å². The van der Waals surface area contributed by atoms with Crippen molar-refractivity contribution in [2.45, 2.75) is 32.2 Å². The summed E-state index contributed by atoms with van der Waals surface area (Å²) in [7, 11) is 0. The van der Waals surface area contributed by atoms with Gasteiger partial charge in [-0.25, -0.2) is 5.06 Å². The topological polar surface area (TPSA) is 119 Å². The van der Waals surface area contributed by atoms with E-state index < -0.39 is 12.0 Å². The Balaban J connectivity index is -0.000000980. The number of carboxylic acid groups (broad SMARTS) is 1. The van der Waals surface area contributed by atoms with E-state index in [9.17, 15) is 10.0 Å². The van der Waals surface area contributed by atoms with Crippen LogP contribution in [0, 0.1) is 88.1 Å². The van der Waals surface area contributed by atoms with Crippen LogP contribution in [0.1, 0.15) is 26.2 Å². The van der Waals surface area contributed by atoms with E-state index in [-0.39, 0.29) is 101 Å². The Morgan fingerprint density at radius 3 is 2.35 bits per heavy atom. The molecule has 0 saturated carbocycles. The number of oxime groups is 1. The van der Waals surface area contributed by atoms with Crippen LogP contribution in [0.5, 0.6) is 0 Å². The molecule has 0 aromatic carbocycles. The van der Waals surface area contributed by atoms with Gasteiger partial charge < -0.3 is 16.0 Å². The predicted molar refractivity (Wildman–Crippen MR) is 52.9 cm³/mol. The Bertz CT molecular complexity index is 241. The van der Waals surface area contributed by atoms with Crippen molar-refractivity contribution in [1.82, 2.24) is 5.06 Å². The Morgan fingerprint density at radius 2 is 1.94 bits per heavy atom. The first kappa shape index (κ1) is 23.6. The second kappa shape index (κ2) is 14.0. The number of aliphatic carboxylic acids is 1. The van der Waals surface area contributed by atoms with Crippen molar-refractivity contribution in [3.05, 3.63) is 0 Å². The molecule has 0 aliphatic carbocycles. The van der Waals surface area contributed by atoms with Gasteiger partial charge >= 0.3 is 5.97 Å². The number of carbonyl (C=O) groups is 1. The minimum Gasteiger partial charge on any atom is -0.480 e. The van der Waals surface area contributed by atoms with Gasteiger partial charge in [0.25, 0.3) is 0 Å². The van der Waals surface area contributed by atoms with Crippen molar-refractivity contribution < 1.29 is 108 Å². The number of hydrogen-bond acceptors (Lipinski definition) is 5. The van der Waals surface area contributed by atoms with Gasteiger partial charge in [0.1, 0.15) is 6.04 Å². The smallest absolute Gasteiger partial charge is 0.320 e. The molecule has 0 fully saturated rings. The van der Waals surface area contributed by atoms with Gasteiger partial charge in [-0.3, -0.25) is 10.0 Å². The molecule has 0 spiro atoms. The van der Waals surface area contributed by atoms with Crippen molar-refractivity contribution in [1.29, 1.82) is 0 Å². The maximum Gasteiger partial charge on any atom is 0.320 e. The number of nitrogens with two attached hydrogens (primary N) is 1. The van der Waals surface area contributed by atoms with Crippen molar-refractivity contribution in [3.8, 4) is 0 Å². The van der Waals surface area contributed by atoms with Crippen LogP contribution in [0.15, 0.2) is 5.16 Å². The molecule has 7 nitrogen and oxygen atoms in total. The quantitative estimate of drug-likeness (QED) is 0.104. The second-order valence-corrected chi connectivity index (χ2v) is 3.21. The SMILES string of the molecule is C/C(=N\O)N(O)CCCC[C@H](N)C(=O)O.[Ac].[Ac]. The van der Waals surface area contributed by atoms with E-state index in [1.165, 1.54) is 6.92 Å². The number of unbranched alkanes of at least 4 members (excludes halogenated alkanes) is 1.